The first-order chi connectivity index (χ1) is 31.6. The first-order valence-corrected chi connectivity index (χ1v) is 26.1. The summed E-state index contributed by atoms with van der Waals surface area (Å²) in [5.41, 5.74) is 0. The molecule has 2 amide bonds. The van der Waals surface area contributed by atoms with E-state index in [-0.39, 0.29) is 11.8 Å². The molecule has 13 N–H and O–H groups in total. The summed E-state index contributed by atoms with van der Waals surface area (Å²) in [5, 5.41) is 99.5. The van der Waals surface area contributed by atoms with Gasteiger partial charge in [0.25, 0.3) is 5.91 Å². The Morgan fingerprint density at radius 2 is 0.864 bits per heavy atom. The number of carbonyl (C=O) groups is 2. The number of nitrogens with one attached hydrogen (secondary N) is 4. The highest BCUT2D eigenvalue weighted by atomic mass is 16.4. The minimum Gasteiger partial charge on any atom is -0.437 e. The van der Waals surface area contributed by atoms with E-state index < -0.39 is 65.1 Å². The van der Waals surface area contributed by atoms with Crippen molar-refractivity contribution in [3.05, 3.63) is 0 Å². The zero-order valence-electron chi connectivity index (χ0n) is 42.0. The van der Waals surface area contributed by atoms with E-state index in [1.807, 2.05) is 13.6 Å². The van der Waals surface area contributed by atoms with Crippen molar-refractivity contribution in [2.45, 2.75) is 212 Å². The molecular weight excluding hydrogens is 844 g/mol. The van der Waals surface area contributed by atoms with Crippen molar-refractivity contribution in [1.29, 1.82) is 0 Å². The van der Waals surface area contributed by atoms with Crippen molar-refractivity contribution >= 4 is 40.0 Å². The Bertz CT molecular complexity index is 1100. The summed E-state index contributed by atoms with van der Waals surface area (Å²) in [4.78, 5) is 28.7. The van der Waals surface area contributed by atoms with Crippen molar-refractivity contribution in [3.63, 3.8) is 0 Å². The van der Waals surface area contributed by atoms with Gasteiger partial charge in [-0.2, -0.15) is 0 Å². The Labute approximate surface area is 402 Å². The van der Waals surface area contributed by atoms with Gasteiger partial charge in [0.2, 0.25) is 5.91 Å². The van der Waals surface area contributed by atoms with E-state index in [4.69, 9.17) is 5.11 Å². The molecule has 0 unspecified atom stereocenters. The average Bonchev–Trinajstić information content (AvgIpc) is 3.27. The Hall–Kier alpha value is -1.32. The molecule has 66 heavy (non-hydrogen) atoms. The standard InChI is InChI=1S/C45H98B4N6O11/c1-46(63)52-32-24-26-34-54(48(3)65)36-39(37-55(49(4)66)35-27-25-33-53-47(2)64)28-20-17-19-22-30-50-41(58)29-21-16-14-12-10-8-6-5-7-9-11-13-15-18-23-31-51-45(62)44(61)43(60)42(59)40(57)38-56/h39-40,42-44,52-53,56-57,59-61,63-66H,5-38H2,1-4H3,(H,50,58)(H,51,62)/t40-,42+,43-,44+/m1/s1. The van der Waals surface area contributed by atoms with Gasteiger partial charge in [0.1, 0.15) is 18.3 Å². The van der Waals surface area contributed by atoms with Crippen molar-refractivity contribution in [3.8, 4) is 0 Å². The van der Waals surface area contributed by atoms with Crippen LogP contribution in [0.5, 0.6) is 0 Å². The molecule has 0 saturated heterocycles. The zero-order chi connectivity index (χ0) is 49.4. The number of nitrogens with zero attached hydrogens (tertiary/aromatic N) is 2. The lowest BCUT2D eigenvalue weighted by Gasteiger charge is -2.33. The van der Waals surface area contributed by atoms with Crippen molar-refractivity contribution in [2.24, 2.45) is 5.92 Å². The molecule has 17 nitrogen and oxygen atoms in total. The Morgan fingerprint density at radius 3 is 1.27 bits per heavy atom. The van der Waals surface area contributed by atoms with Crippen LogP contribution in [0.3, 0.4) is 0 Å². The summed E-state index contributed by atoms with van der Waals surface area (Å²) >= 11 is 0. The molecule has 0 aromatic heterocycles. The largest absolute Gasteiger partial charge is 0.437 e. The lowest BCUT2D eigenvalue weighted by molar-refractivity contribution is -0.148. The zero-order valence-corrected chi connectivity index (χ0v) is 42.0. The third-order valence-electron chi connectivity index (χ3n) is 12.4. The number of hydrogen-bond acceptors (Lipinski definition) is 15. The molecule has 0 aliphatic carbocycles. The Balaban J connectivity index is 4.12. The van der Waals surface area contributed by atoms with E-state index in [1.165, 1.54) is 57.8 Å². The second kappa shape index (κ2) is 43.7. The van der Waals surface area contributed by atoms with Gasteiger partial charge in [-0.05, 0) is 124 Å². The lowest BCUT2D eigenvalue weighted by Crippen LogP contribution is -2.51. The monoisotopic (exact) mass is 943 g/mol. The van der Waals surface area contributed by atoms with Crippen LogP contribution in [0.1, 0.15) is 161 Å². The van der Waals surface area contributed by atoms with Gasteiger partial charge < -0.3 is 76.3 Å². The number of amides is 2. The predicted molar refractivity (Wildman–Crippen MR) is 271 cm³/mol. The Kier molecular flexibility index (Phi) is 42.8. The van der Waals surface area contributed by atoms with Crippen LogP contribution in [0.2, 0.25) is 27.3 Å². The van der Waals surface area contributed by atoms with Gasteiger partial charge in [-0.15, -0.1) is 0 Å². The van der Waals surface area contributed by atoms with E-state index in [0.29, 0.717) is 19.5 Å². The highest BCUT2D eigenvalue weighted by Crippen LogP contribution is 2.18. The predicted octanol–water partition coefficient (Wildman–Crippen LogP) is 2.25. The molecule has 21 heteroatoms. The van der Waals surface area contributed by atoms with Crippen LogP contribution >= 0.6 is 0 Å². The molecule has 0 radical (unpaired) electrons. The minimum absolute atomic E-state index is 0.146. The topological polar surface area (TPSA) is 271 Å². The quantitative estimate of drug-likeness (QED) is 0.0308. The number of aliphatic hydroxyl groups is 5. The average molecular weight is 943 g/mol. The highest BCUT2D eigenvalue weighted by molar-refractivity contribution is 6.46. The second-order valence-corrected chi connectivity index (χ2v) is 18.9. The van der Waals surface area contributed by atoms with E-state index in [9.17, 15) is 50.1 Å². The smallest absolute Gasteiger partial charge is 0.376 e. The van der Waals surface area contributed by atoms with Crippen LogP contribution < -0.4 is 21.1 Å². The molecule has 0 aromatic carbocycles. The number of unbranched alkanes of at least 4 members (excludes halogenated alkanes) is 19. The molecule has 0 aliphatic heterocycles. The van der Waals surface area contributed by atoms with Crippen LogP contribution in [-0.2, 0) is 9.59 Å². The molecule has 0 bridgehead atoms. The molecule has 0 spiro atoms. The second-order valence-electron chi connectivity index (χ2n) is 18.9. The summed E-state index contributed by atoms with van der Waals surface area (Å²) in [6.07, 6.45) is 19.0. The molecule has 4 atom stereocenters. The van der Waals surface area contributed by atoms with E-state index in [1.54, 1.807) is 13.6 Å². The van der Waals surface area contributed by atoms with Crippen LogP contribution in [0.25, 0.3) is 0 Å². The summed E-state index contributed by atoms with van der Waals surface area (Å²) in [6, 6.07) is 0. The van der Waals surface area contributed by atoms with E-state index in [0.717, 1.165) is 136 Å². The van der Waals surface area contributed by atoms with E-state index in [2.05, 4.69) is 30.7 Å². The molecule has 0 saturated carbocycles. The van der Waals surface area contributed by atoms with Gasteiger partial charge in [0.05, 0.1) is 6.61 Å². The number of carbonyl (C=O) groups excluding carboxylic acids is 2. The number of rotatable bonds is 48. The normalized spacial score (nSPS) is 13.6. The summed E-state index contributed by atoms with van der Waals surface area (Å²) in [5.74, 6) is -0.400. The van der Waals surface area contributed by atoms with Crippen LogP contribution in [0.4, 0.5) is 0 Å². The van der Waals surface area contributed by atoms with Crippen molar-refractivity contribution < 1.29 is 55.2 Å². The highest BCUT2D eigenvalue weighted by Gasteiger charge is 2.34. The summed E-state index contributed by atoms with van der Waals surface area (Å²) in [7, 11) is -2.21. The fourth-order valence-corrected chi connectivity index (χ4v) is 8.20. The fraction of sp³-hybridized carbons (Fsp3) is 0.956. The number of hydrogen-bond donors (Lipinski definition) is 13. The first-order valence-electron chi connectivity index (χ1n) is 26.1. The van der Waals surface area contributed by atoms with Gasteiger partial charge in [-0.1, -0.05) is 103 Å². The van der Waals surface area contributed by atoms with E-state index >= 15 is 0 Å². The lowest BCUT2D eigenvalue weighted by atomic mass is 9.80. The molecule has 0 rings (SSSR count). The third-order valence-corrected chi connectivity index (χ3v) is 12.4. The SMILES string of the molecule is CB(O)NCCCCN(CC(CCCCCCNC(=O)CCCCCCCCCCCCCCCCCNC(=O)[C@@H](O)[C@H](O)[C@@H](O)[C@H](O)CO)CN(CCCCNB(C)O)B(C)O)B(C)O. The van der Waals surface area contributed by atoms with Gasteiger partial charge in [-0.25, -0.2) is 0 Å². The molecule has 0 heterocycles. The van der Waals surface area contributed by atoms with Gasteiger partial charge in [-0.3, -0.25) is 9.59 Å². The Morgan fingerprint density at radius 1 is 0.485 bits per heavy atom. The van der Waals surface area contributed by atoms with Gasteiger partial charge in [0, 0.05) is 19.5 Å². The number of aliphatic hydroxyl groups excluding tert-OH is 5. The maximum atomic E-state index is 12.4. The maximum absolute atomic E-state index is 12.4. The first kappa shape index (κ1) is 64.7. The van der Waals surface area contributed by atoms with Crippen LogP contribution in [0.15, 0.2) is 0 Å². The third kappa shape index (κ3) is 37.6. The molecule has 386 valence electrons. The van der Waals surface area contributed by atoms with Gasteiger partial charge >= 0.3 is 28.2 Å². The van der Waals surface area contributed by atoms with Crippen molar-refractivity contribution in [2.75, 3.05) is 59.0 Å². The summed E-state index contributed by atoms with van der Waals surface area (Å²) in [6.45, 7) is 11.8. The minimum atomic E-state index is -1.89. The van der Waals surface area contributed by atoms with Gasteiger partial charge in [0.15, 0.2) is 6.10 Å². The molecule has 0 fully saturated rings. The molecular formula is C45H98B4N6O11. The molecule has 0 aliphatic rings. The maximum Gasteiger partial charge on any atom is 0.376 e. The summed E-state index contributed by atoms with van der Waals surface area (Å²) < 4.78 is 0. The van der Waals surface area contributed by atoms with Crippen molar-refractivity contribution in [1.82, 2.24) is 30.7 Å². The fourth-order valence-electron chi connectivity index (χ4n) is 8.20. The van der Waals surface area contributed by atoms with Crippen LogP contribution in [0, 0.1) is 5.92 Å². The van der Waals surface area contributed by atoms with Crippen LogP contribution in [-0.4, -0.2) is 179 Å². The molecule has 0 aromatic rings.